The second-order valence-electron chi connectivity index (χ2n) is 4.50. The summed E-state index contributed by atoms with van der Waals surface area (Å²) in [4.78, 5) is 10.4. The normalized spacial score (nSPS) is 10.3. The Bertz CT molecular complexity index is 568. The van der Waals surface area contributed by atoms with Crippen LogP contribution in [0.15, 0.2) is 30.3 Å². The third kappa shape index (κ3) is 3.13. The second-order valence-corrected chi connectivity index (χ2v) is 4.50. The molecule has 100 valence electrons. The summed E-state index contributed by atoms with van der Waals surface area (Å²) >= 11 is 0. The van der Waals surface area contributed by atoms with Crippen LogP contribution < -0.4 is 16.0 Å². The zero-order valence-electron chi connectivity index (χ0n) is 11.5. The molecule has 0 unspecified atom stereocenters. The molecular formula is C14H19N5. The molecule has 0 saturated carbocycles. The summed E-state index contributed by atoms with van der Waals surface area (Å²) in [7, 11) is 3.81. The number of nitrogens with one attached hydrogen (secondary N) is 1. The van der Waals surface area contributed by atoms with E-state index in [2.05, 4.69) is 39.2 Å². The quantitative estimate of drug-likeness (QED) is 0.877. The molecule has 0 atom stereocenters. The molecule has 1 heterocycles. The molecule has 1 aromatic heterocycles. The lowest BCUT2D eigenvalue weighted by Gasteiger charge is -2.20. The summed E-state index contributed by atoms with van der Waals surface area (Å²) in [6.07, 6.45) is 0. The number of anilines is 3. The number of aromatic nitrogens is 2. The minimum Gasteiger partial charge on any atom is -0.373 e. The van der Waals surface area contributed by atoms with E-state index < -0.39 is 0 Å². The van der Waals surface area contributed by atoms with Gasteiger partial charge < -0.3 is 16.0 Å². The Morgan fingerprint density at radius 1 is 1.26 bits per heavy atom. The van der Waals surface area contributed by atoms with Gasteiger partial charge in [0.25, 0.3) is 0 Å². The number of rotatable bonds is 4. The van der Waals surface area contributed by atoms with Crippen molar-refractivity contribution in [2.24, 2.45) is 0 Å². The number of nitrogens with zero attached hydrogens (tertiary/aromatic N) is 3. The van der Waals surface area contributed by atoms with Gasteiger partial charge in [-0.3, -0.25) is 0 Å². The van der Waals surface area contributed by atoms with Crippen molar-refractivity contribution in [2.75, 3.05) is 30.0 Å². The van der Waals surface area contributed by atoms with E-state index in [9.17, 15) is 0 Å². The molecule has 0 spiro atoms. The van der Waals surface area contributed by atoms with Crippen molar-refractivity contribution in [3.8, 4) is 0 Å². The summed E-state index contributed by atoms with van der Waals surface area (Å²) < 4.78 is 0. The molecular weight excluding hydrogens is 238 g/mol. The number of hydrogen-bond acceptors (Lipinski definition) is 5. The highest BCUT2D eigenvalue weighted by atomic mass is 15.2. The Morgan fingerprint density at radius 2 is 2.00 bits per heavy atom. The maximum atomic E-state index is 5.71. The first-order valence-electron chi connectivity index (χ1n) is 6.18. The number of benzene rings is 1. The molecule has 3 N–H and O–H groups in total. The molecule has 0 fully saturated rings. The van der Waals surface area contributed by atoms with Gasteiger partial charge in [0.1, 0.15) is 11.6 Å². The van der Waals surface area contributed by atoms with Gasteiger partial charge in [-0.1, -0.05) is 24.3 Å². The number of aryl methyl sites for hydroxylation is 1. The molecule has 0 saturated heterocycles. The van der Waals surface area contributed by atoms with Gasteiger partial charge >= 0.3 is 0 Å². The van der Waals surface area contributed by atoms with Crippen LogP contribution in [0.25, 0.3) is 0 Å². The van der Waals surface area contributed by atoms with E-state index >= 15 is 0 Å². The molecule has 0 aliphatic heterocycles. The fourth-order valence-corrected chi connectivity index (χ4v) is 1.90. The van der Waals surface area contributed by atoms with Gasteiger partial charge in [0.2, 0.25) is 5.95 Å². The smallest absolute Gasteiger partial charge is 0.223 e. The lowest BCUT2D eigenvalue weighted by Crippen LogP contribution is -2.19. The van der Waals surface area contributed by atoms with Gasteiger partial charge in [-0.25, -0.2) is 0 Å². The SMILES string of the molecule is CNc1cc(N(C)Cc2ccccc2C)nc(N)n1. The van der Waals surface area contributed by atoms with Crippen LogP contribution in [0.5, 0.6) is 0 Å². The average molecular weight is 257 g/mol. The van der Waals surface area contributed by atoms with E-state index in [1.165, 1.54) is 11.1 Å². The third-order valence-corrected chi connectivity index (χ3v) is 3.05. The summed E-state index contributed by atoms with van der Waals surface area (Å²) in [6.45, 7) is 2.89. The molecule has 0 radical (unpaired) electrons. The predicted molar refractivity (Wildman–Crippen MR) is 79.3 cm³/mol. The van der Waals surface area contributed by atoms with Gasteiger partial charge in [0.15, 0.2) is 0 Å². The Kier molecular flexibility index (Phi) is 3.85. The average Bonchev–Trinajstić information content (AvgIpc) is 2.40. The lowest BCUT2D eigenvalue weighted by molar-refractivity contribution is 0.887. The summed E-state index contributed by atoms with van der Waals surface area (Å²) in [5.74, 6) is 1.80. The largest absolute Gasteiger partial charge is 0.373 e. The Labute approximate surface area is 113 Å². The Hall–Kier alpha value is -2.30. The van der Waals surface area contributed by atoms with Crippen LogP contribution in [0.4, 0.5) is 17.6 Å². The van der Waals surface area contributed by atoms with E-state index in [4.69, 9.17) is 5.73 Å². The van der Waals surface area contributed by atoms with Gasteiger partial charge in [-0.2, -0.15) is 9.97 Å². The maximum Gasteiger partial charge on any atom is 0.223 e. The van der Waals surface area contributed by atoms with E-state index in [0.29, 0.717) is 0 Å². The van der Waals surface area contributed by atoms with E-state index in [0.717, 1.165) is 18.2 Å². The Balaban J connectivity index is 2.22. The van der Waals surface area contributed by atoms with Crippen molar-refractivity contribution in [1.29, 1.82) is 0 Å². The highest BCUT2D eigenvalue weighted by Crippen LogP contribution is 2.18. The molecule has 5 heteroatoms. The number of nitrogen functional groups attached to an aromatic ring is 1. The fraction of sp³-hybridized carbons (Fsp3) is 0.286. The second kappa shape index (κ2) is 5.56. The summed E-state index contributed by atoms with van der Waals surface area (Å²) in [5, 5.41) is 2.98. The Morgan fingerprint density at radius 3 is 2.68 bits per heavy atom. The van der Waals surface area contributed by atoms with Crippen molar-refractivity contribution in [1.82, 2.24) is 9.97 Å². The highest BCUT2D eigenvalue weighted by molar-refractivity contribution is 5.52. The molecule has 0 aliphatic rings. The predicted octanol–water partition coefficient (Wildman–Crippen LogP) is 2.05. The van der Waals surface area contributed by atoms with E-state index in [1.807, 2.05) is 32.3 Å². The first kappa shape index (κ1) is 13.1. The van der Waals surface area contributed by atoms with Crippen molar-refractivity contribution in [2.45, 2.75) is 13.5 Å². The maximum absolute atomic E-state index is 5.71. The van der Waals surface area contributed by atoms with Crippen LogP contribution in [-0.2, 0) is 6.54 Å². The van der Waals surface area contributed by atoms with Crippen LogP contribution >= 0.6 is 0 Å². The lowest BCUT2D eigenvalue weighted by atomic mass is 10.1. The standard InChI is InChI=1S/C14H19N5/c1-10-6-4-5-7-11(10)9-19(3)13-8-12(16-2)17-14(15)18-13/h4-8H,9H2,1-3H3,(H3,15,16,17,18). The first-order valence-corrected chi connectivity index (χ1v) is 6.18. The summed E-state index contributed by atoms with van der Waals surface area (Å²) in [6, 6.07) is 10.2. The van der Waals surface area contributed by atoms with Crippen molar-refractivity contribution in [3.05, 3.63) is 41.5 Å². The minimum atomic E-state index is 0.276. The van der Waals surface area contributed by atoms with Gasteiger partial charge in [0, 0.05) is 26.7 Å². The molecule has 19 heavy (non-hydrogen) atoms. The zero-order valence-corrected chi connectivity index (χ0v) is 11.5. The fourth-order valence-electron chi connectivity index (χ4n) is 1.90. The highest BCUT2D eigenvalue weighted by Gasteiger charge is 2.08. The van der Waals surface area contributed by atoms with Crippen molar-refractivity contribution < 1.29 is 0 Å². The molecule has 5 nitrogen and oxygen atoms in total. The van der Waals surface area contributed by atoms with Gasteiger partial charge in [-0.15, -0.1) is 0 Å². The van der Waals surface area contributed by atoms with Crippen molar-refractivity contribution >= 4 is 17.6 Å². The molecule has 1 aromatic carbocycles. The molecule has 0 bridgehead atoms. The van der Waals surface area contributed by atoms with Crippen LogP contribution in [0.2, 0.25) is 0 Å². The monoisotopic (exact) mass is 257 g/mol. The molecule has 0 amide bonds. The number of nitrogens with two attached hydrogens (primary N) is 1. The van der Waals surface area contributed by atoms with Crippen LogP contribution in [0.1, 0.15) is 11.1 Å². The van der Waals surface area contributed by atoms with Crippen LogP contribution in [-0.4, -0.2) is 24.1 Å². The molecule has 2 aromatic rings. The first-order chi connectivity index (χ1) is 9.10. The topological polar surface area (TPSA) is 67.1 Å². The van der Waals surface area contributed by atoms with Gasteiger partial charge in [-0.05, 0) is 18.1 Å². The van der Waals surface area contributed by atoms with E-state index in [1.54, 1.807) is 0 Å². The number of hydrogen-bond donors (Lipinski definition) is 2. The van der Waals surface area contributed by atoms with E-state index in [-0.39, 0.29) is 5.95 Å². The summed E-state index contributed by atoms with van der Waals surface area (Å²) in [5.41, 5.74) is 8.25. The van der Waals surface area contributed by atoms with Crippen LogP contribution in [0, 0.1) is 6.92 Å². The van der Waals surface area contributed by atoms with Crippen LogP contribution in [0.3, 0.4) is 0 Å². The third-order valence-electron chi connectivity index (χ3n) is 3.05. The van der Waals surface area contributed by atoms with Gasteiger partial charge in [0.05, 0.1) is 0 Å². The molecule has 2 rings (SSSR count). The van der Waals surface area contributed by atoms with Crippen molar-refractivity contribution in [3.63, 3.8) is 0 Å². The zero-order chi connectivity index (χ0) is 13.8. The molecule has 0 aliphatic carbocycles. The minimum absolute atomic E-state index is 0.276.